The fourth-order valence-corrected chi connectivity index (χ4v) is 1.76. The Hall–Kier alpha value is -1.98. The number of alkyl halides is 1. The molecule has 2 rings (SSSR count). The first kappa shape index (κ1) is 13.5. The van der Waals surface area contributed by atoms with Crippen LogP contribution in [0.2, 0.25) is 0 Å². The van der Waals surface area contributed by atoms with Crippen LogP contribution < -0.4 is 5.32 Å². The first-order chi connectivity index (χ1) is 9.10. The van der Waals surface area contributed by atoms with E-state index in [0.717, 1.165) is 18.2 Å². The van der Waals surface area contributed by atoms with Crippen molar-refractivity contribution >= 4 is 5.69 Å². The van der Waals surface area contributed by atoms with Crippen molar-refractivity contribution in [3.63, 3.8) is 0 Å². The standard InChI is InChI=1S/C13H14F3N3/c1-9-13(8-19(18-9)5-4-14)17-7-10-6-11(15)2-3-12(10)16/h2-3,6,8,17H,4-5,7H2,1H3. The first-order valence-corrected chi connectivity index (χ1v) is 5.88. The number of anilines is 1. The predicted molar refractivity (Wildman–Crippen MR) is 66.6 cm³/mol. The van der Waals surface area contributed by atoms with Gasteiger partial charge in [0.2, 0.25) is 0 Å². The lowest BCUT2D eigenvalue weighted by Gasteiger charge is -2.06. The van der Waals surface area contributed by atoms with Crippen molar-refractivity contribution in [2.75, 3.05) is 12.0 Å². The van der Waals surface area contributed by atoms with Crippen LogP contribution in [0, 0.1) is 18.6 Å². The van der Waals surface area contributed by atoms with Gasteiger partial charge in [-0.05, 0) is 25.1 Å². The Morgan fingerprint density at radius 3 is 2.84 bits per heavy atom. The van der Waals surface area contributed by atoms with Gasteiger partial charge in [0.25, 0.3) is 0 Å². The Morgan fingerprint density at radius 2 is 2.11 bits per heavy atom. The van der Waals surface area contributed by atoms with Crippen molar-refractivity contribution in [1.29, 1.82) is 0 Å². The third-order valence-electron chi connectivity index (χ3n) is 2.74. The smallest absolute Gasteiger partial charge is 0.128 e. The lowest BCUT2D eigenvalue weighted by Crippen LogP contribution is -2.02. The highest BCUT2D eigenvalue weighted by Crippen LogP contribution is 2.16. The lowest BCUT2D eigenvalue weighted by atomic mass is 10.2. The highest BCUT2D eigenvalue weighted by molar-refractivity contribution is 5.46. The quantitative estimate of drug-likeness (QED) is 0.904. The zero-order valence-electron chi connectivity index (χ0n) is 10.5. The minimum atomic E-state index is -0.501. The number of halogens is 3. The summed E-state index contributed by atoms with van der Waals surface area (Å²) >= 11 is 0. The molecule has 0 amide bonds. The summed E-state index contributed by atoms with van der Waals surface area (Å²) in [5, 5.41) is 7.06. The van der Waals surface area contributed by atoms with E-state index < -0.39 is 18.3 Å². The van der Waals surface area contributed by atoms with Crippen molar-refractivity contribution < 1.29 is 13.2 Å². The molecule has 102 valence electrons. The highest BCUT2D eigenvalue weighted by Gasteiger charge is 2.07. The summed E-state index contributed by atoms with van der Waals surface area (Å²) < 4.78 is 40.1. The minimum absolute atomic E-state index is 0.145. The van der Waals surface area contributed by atoms with Crippen LogP contribution in [0.1, 0.15) is 11.3 Å². The zero-order valence-corrected chi connectivity index (χ0v) is 10.5. The fourth-order valence-electron chi connectivity index (χ4n) is 1.76. The van der Waals surface area contributed by atoms with Gasteiger partial charge in [0.15, 0.2) is 0 Å². The van der Waals surface area contributed by atoms with Gasteiger partial charge in [0, 0.05) is 18.3 Å². The molecule has 1 N–H and O–H groups in total. The fraction of sp³-hybridized carbons (Fsp3) is 0.308. The summed E-state index contributed by atoms with van der Waals surface area (Å²) in [5.41, 5.74) is 1.60. The second-order valence-electron chi connectivity index (χ2n) is 4.17. The second kappa shape index (κ2) is 5.77. The molecule has 1 aromatic heterocycles. The second-order valence-corrected chi connectivity index (χ2v) is 4.17. The number of nitrogens with one attached hydrogen (secondary N) is 1. The molecular weight excluding hydrogens is 255 g/mol. The number of aryl methyl sites for hydroxylation is 2. The average molecular weight is 269 g/mol. The van der Waals surface area contributed by atoms with E-state index in [0.29, 0.717) is 11.4 Å². The maximum absolute atomic E-state index is 13.4. The third-order valence-corrected chi connectivity index (χ3v) is 2.74. The van der Waals surface area contributed by atoms with Gasteiger partial charge < -0.3 is 5.32 Å². The van der Waals surface area contributed by atoms with Crippen molar-refractivity contribution in [3.8, 4) is 0 Å². The molecule has 0 saturated carbocycles. The van der Waals surface area contributed by atoms with Crippen LogP contribution in [0.25, 0.3) is 0 Å². The summed E-state index contributed by atoms with van der Waals surface area (Å²) in [4.78, 5) is 0. The highest BCUT2D eigenvalue weighted by atomic mass is 19.1. The Bertz CT molecular complexity index is 566. The topological polar surface area (TPSA) is 29.9 Å². The minimum Gasteiger partial charge on any atom is -0.378 e. The largest absolute Gasteiger partial charge is 0.378 e. The van der Waals surface area contributed by atoms with Crippen molar-refractivity contribution in [2.45, 2.75) is 20.0 Å². The number of benzene rings is 1. The summed E-state index contributed by atoms with van der Waals surface area (Å²) in [6.07, 6.45) is 1.64. The number of hydrogen-bond acceptors (Lipinski definition) is 2. The summed E-state index contributed by atoms with van der Waals surface area (Å²) in [6.45, 7) is 1.58. The third kappa shape index (κ3) is 3.27. The molecule has 1 heterocycles. The molecule has 3 nitrogen and oxygen atoms in total. The zero-order chi connectivity index (χ0) is 13.8. The molecule has 0 aliphatic rings. The molecule has 0 spiro atoms. The molecule has 0 fully saturated rings. The molecule has 1 aromatic carbocycles. The van der Waals surface area contributed by atoms with E-state index in [4.69, 9.17) is 0 Å². The van der Waals surface area contributed by atoms with E-state index in [2.05, 4.69) is 10.4 Å². The van der Waals surface area contributed by atoms with Crippen LogP contribution in [0.3, 0.4) is 0 Å². The Morgan fingerprint density at radius 1 is 1.32 bits per heavy atom. The number of rotatable bonds is 5. The Balaban J connectivity index is 2.07. The SMILES string of the molecule is Cc1nn(CCF)cc1NCc1cc(F)ccc1F. The predicted octanol–water partition coefficient (Wildman–Crippen LogP) is 3.05. The van der Waals surface area contributed by atoms with Gasteiger partial charge in [-0.2, -0.15) is 5.10 Å². The van der Waals surface area contributed by atoms with Gasteiger partial charge in [0.05, 0.1) is 17.9 Å². The maximum Gasteiger partial charge on any atom is 0.128 e. The van der Waals surface area contributed by atoms with Gasteiger partial charge >= 0.3 is 0 Å². The number of hydrogen-bond donors (Lipinski definition) is 1. The van der Waals surface area contributed by atoms with Crippen LogP contribution in [-0.2, 0) is 13.1 Å². The molecule has 0 saturated heterocycles. The molecule has 0 bridgehead atoms. The maximum atomic E-state index is 13.4. The summed E-state index contributed by atoms with van der Waals surface area (Å²) in [7, 11) is 0. The van der Waals surface area contributed by atoms with Gasteiger partial charge in [-0.25, -0.2) is 13.2 Å². The van der Waals surface area contributed by atoms with E-state index in [1.807, 2.05) is 0 Å². The first-order valence-electron chi connectivity index (χ1n) is 5.88. The molecule has 6 heteroatoms. The van der Waals surface area contributed by atoms with E-state index >= 15 is 0 Å². The monoisotopic (exact) mass is 269 g/mol. The molecule has 2 aromatic rings. The van der Waals surface area contributed by atoms with Gasteiger partial charge in [-0.1, -0.05) is 0 Å². The van der Waals surface area contributed by atoms with Crippen LogP contribution in [-0.4, -0.2) is 16.5 Å². The molecular formula is C13H14F3N3. The van der Waals surface area contributed by atoms with Crippen molar-refractivity contribution in [1.82, 2.24) is 9.78 Å². The van der Waals surface area contributed by atoms with Gasteiger partial charge in [-0.15, -0.1) is 0 Å². The van der Waals surface area contributed by atoms with Crippen LogP contribution in [0.5, 0.6) is 0 Å². The number of nitrogens with zero attached hydrogens (tertiary/aromatic N) is 2. The van der Waals surface area contributed by atoms with E-state index in [1.54, 1.807) is 13.1 Å². The normalized spacial score (nSPS) is 10.7. The molecule has 0 aliphatic carbocycles. The van der Waals surface area contributed by atoms with Crippen molar-refractivity contribution in [3.05, 3.63) is 47.3 Å². The Labute approximate surface area is 109 Å². The number of aromatic nitrogens is 2. The Kier molecular flexibility index (Phi) is 4.09. The molecule has 0 radical (unpaired) electrons. The van der Waals surface area contributed by atoms with E-state index in [-0.39, 0.29) is 18.7 Å². The molecule has 19 heavy (non-hydrogen) atoms. The molecule has 0 atom stereocenters. The van der Waals surface area contributed by atoms with E-state index in [1.165, 1.54) is 4.68 Å². The van der Waals surface area contributed by atoms with E-state index in [9.17, 15) is 13.2 Å². The molecule has 0 aliphatic heterocycles. The van der Waals surface area contributed by atoms with Gasteiger partial charge in [0.1, 0.15) is 18.3 Å². The van der Waals surface area contributed by atoms with Crippen LogP contribution in [0.15, 0.2) is 24.4 Å². The summed E-state index contributed by atoms with van der Waals surface area (Å²) in [5.74, 6) is -0.953. The van der Waals surface area contributed by atoms with Crippen LogP contribution >= 0.6 is 0 Å². The molecule has 0 unspecified atom stereocenters. The van der Waals surface area contributed by atoms with Crippen molar-refractivity contribution in [2.24, 2.45) is 0 Å². The summed E-state index contributed by atoms with van der Waals surface area (Å²) in [6, 6.07) is 3.30. The van der Waals surface area contributed by atoms with Gasteiger partial charge in [-0.3, -0.25) is 4.68 Å². The average Bonchev–Trinajstić information content (AvgIpc) is 2.71. The van der Waals surface area contributed by atoms with Crippen LogP contribution in [0.4, 0.5) is 18.9 Å². The lowest BCUT2D eigenvalue weighted by molar-refractivity contribution is 0.426.